The van der Waals surface area contributed by atoms with Crippen molar-refractivity contribution in [2.75, 3.05) is 19.0 Å². The van der Waals surface area contributed by atoms with E-state index in [1.807, 2.05) is 13.8 Å². The normalized spacial score (nSPS) is 11.4. The largest absolute Gasteiger partial charge is 0.383 e. The smallest absolute Gasteiger partial charge is 0.330 e. The first kappa shape index (κ1) is 23.4. The summed E-state index contributed by atoms with van der Waals surface area (Å²) in [6, 6.07) is 4.19. The van der Waals surface area contributed by atoms with Crippen LogP contribution in [0.3, 0.4) is 0 Å². The van der Waals surface area contributed by atoms with Crippen molar-refractivity contribution in [3.8, 4) is 0 Å². The van der Waals surface area contributed by atoms with E-state index in [-0.39, 0.29) is 30.2 Å². The molecule has 0 fully saturated rings. The third kappa shape index (κ3) is 5.13. The average Bonchev–Trinajstić information content (AvgIpc) is 3.09. The van der Waals surface area contributed by atoms with Crippen LogP contribution in [0.2, 0.25) is 0 Å². The molecule has 0 saturated heterocycles. The van der Waals surface area contributed by atoms with Crippen LogP contribution in [-0.4, -0.2) is 38.7 Å². The van der Waals surface area contributed by atoms with E-state index in [1.165, 1.54) is 16.7 Å². The van der Waals surface area contributed by atoms with Crippen LogP contribution in [0.4, 0.5) is 10.1 Å². The fraction of sp³-hybridized carbons (Fsp3) is 0.455. The van der Waals surface area contributed by atoms with Crippen LogP contribution in [0.5, 0.6) is 0 Å². The van der Waals surface area contributed by atoms with Crippen LogP contribution in [0.1, 0.15) is 31.7 Å². The predicted octanol–water partition coefficient (Wildman–Crippen LogP) is 2.21. The van der Waals surface area contributed by atoms with Gasteiger partial charge in [-0.05, 0) is 30.5 Å². The van der Waals surface area contributed by atoms with Gasteiger partial charge in [-0.25, -0.2) is 14.2 Å². The quantitative estimate of drug-likeness (QED) is 0.525. The second kappa shape index (κ2) is 9.90. The van der Waals surface area contributed by atoms with E-state index in [2.05, 4.69) is 15.3 Å². The highest BCUT2D eigenvalue weighted by Gasteiger charge is 2.19. The first-order valence-electron chi connectivity index (χ1n) is 10.5. The van der Waals surface area contributed by atoms with Crippen LogP contribution in [-0.2, 0) is 29.0 Å². The number of aromatic nitrogens is 4. The summed E-state index contributed by atoms with van der Waals surface area (Å²) < 4.78 is 21.8. The molecule has 172 valence electrons. The van der Waals surface area contributed by atoms with Gasteiger partial charge in [-0.1, -0.05) is 19.9 Å². The number of aromatic amines is 1. The monoisotopic (exact) mass is 445 g/mol. The maximum absolute atomic E-state index is 13.5. The van der Waals surface area contributed by atoms with Crippen LogP contribution < -0.4 is 16.6 Å². The SMILES string of the molecule is COCCn1c(CCC(=O)Nc2cc(F)ccc2C)nc2c1c(=O)[nH]c(=O)n2CC(C)C. The predicted molar refractivity (Wildman–Crippen MR) is 119 cm³/mol. The second-order valence-corrected chi connectivity index (χ2v) is 8.12. The van der Waals surface area contributed by atoms with Crippen molar-refractivity contribution in [2.24, 2.45) is 5.92 Å². The van der Waals surface area contributed by atoms with Crippen molar-refractivity contribution in [3.63, 3.8) is 0 Å². The molecule has 0 unspecified atom stereocenters. The number of rotatable bonds is 9. The second-order valence-electron chi connectivity index (χ2n) is 8.12. The molecule has 0 saturated carbocycles. The van der Waals surface area contributed by atoms with Gasteiger partial charge in [0.2, 0.25) is 5.91 Å². The Hall–Kier alpha value is -3.27. The average molecular weight is 445 g/mol. The lowest BCUT2D eigenvalue weighted by Gasteiger charge is -2.10. The first-order chi connectivity index (χ1) is 15.2. The number of carbonyl (C=O) groups excluding carboxylic acids is 1. The van der Waals surface area contributed by atoms with Crippen molar-refractivity contribution in [2.45, 2.75) is 46.7 Å². The van der Waals surface area contributed by atoms with Gasteiger partial charge in [-0.15, -0.1) is 0 Å². The number of imidazole rings is 1. The summed E-state index contributed by atoms with van der Waals surface area (Å²) in [6.45, 7) is 6.77. The third-order valence-electron chi connectivity index (χ3n) is 5.08. The Bertz CT molecular complexity index is 1240. The lowest BCUT2D eigenvalue weighted by Crippen LogP contribution is -2.32. The molecule has 2 heterocycles. The minimum Gasteiger partial charge on any atom is -0.383 e. The zero-order valence-electron chi connectivity index (χ0n) is 18.7. The van der Waals surface area contributed by atoms with E-state index in [4.69, 9.17) is 4.74 Å². The molecule has 0 atom stereocenters. The number of nitrogens with one attached hydrogen (secondary N) is 2. The van der Waals surface area contributed by atoms with Gasteiger partial charge in [0.15, 0.2) is 11.2 Å². The zero-order chi connectivity index (χ0) is 23.4. The highest BCUT2D eigenvalue weighted by Crippen LogP contribution is 2.18. The number of ether oxygens (including phenoxy) is 1. The van der Waals surface area contributed by atoms with Gasteiger partial charge in [0.05, 0.1) is 6.61 Å². The summed E-state index contributed by atoms with van der Waals surface area (Å²) in [7, 11) is 1.55. The van der Waals surface area contributed by atoms with Gasteiger partial charge in [0.1, 0.15) is 11.6 Å². The number of hydrogen-bond donors (Lipinski definition) is 2. The Labute approximate surface area is 184 Å². The van der Waals surface area contributed by atoms with Crippen molar-refractivity contribution < 1.29 is 13.9 Å². The molecule has 3 rings (SSSR count). The van der Waals surface area contributed by atoms with E-state index in [1.54, 1.807) is 24.7 Å². The number of fused-ring (bicyclic) bond motifs is 1. The highest BCUT2D eigenvalue weighted by molar-refractivity contribution is 5.91. The molecule has 2 aromatic heterocycles. The Morgan fingerprint density at radius 2 is 2.03 bits per heavy atom. The van der Waals surface area contributed by atoms with Crippen molar-refractivity contribution in [1.82, 2.24) is 19.1 Å². The van der Waals surface area contributed by atoms with E-state index in [9.17, 15) is 18.8 Å². The van der Waals surface area contributed by atoms with E-state index in [0.717, 1.165) is 5.56 Å². The maximum Gasteiger partial charge on any atom is 0.330 e. The molecule has 10 heteroatoms. The summed E-state index contributed by atoms with van der Waals surface area (Å²) >= 11 is 0. The third-order valence-corrected chi connectivity index (χ3v) is 5.08. The molecule has 32 heavy (non-hydrogen) atoms. The summed E-state index contributed by atoms with van der Waals surface area (Å²) in [5, 5.41) is 2.71. The Kier molecular flexibility index (Phi) is 7.24. The number of amides is 1. The molecular weight excluding hydrogens is 417 g/mol. The standard InChI is InChI=1S/C22H28FN5O4/c1-13(2)12-28-20-19(21(30)26-22(28)31)27(9-10-32-4)17(25-20)7-8-18(29)24-16-11-15(23)6-5-14(16)3/h5-6,11,13H,7-10,12H2,1-4H3,(H,24,29)(H,26,30,31). The molecule has 3 aromatic rings. The van der Waals surface area contributed by atoms with Crippen LogP contribution >= 0.6 is 0 Å². The number of nitrogens with zero attached hydrogens (tertiary/aromatic N) is 3. The van der Waals surface area contributed by atoms with Gasteiger partial charge < -0.3 is 14.6 Å². The minimum atomic E-state index is -0.528. The molecule has 2 N–H and O–H groups in total. The fourth-order valence-corrected chi connectivity index (χ4v) is 3.53. The zero-order valence-corrected chi connectivity index (χ0v) is 18.7. The fourth-order valence-electron chi connectivity index (χ4n) is 3.53. The molecule has 0 aliphatic rings. The lowest BCUT2D eigenvalue weighted by atomic mass is 10.2. The van der Waals surface area contributed by atoms with Gasteiger partial charge in [0.25, 0.3) is 5.56 Å². The lowest BCUT2D eigenvalue weighted by molar-refractivity contribution is -0.116. The molecule has 1 aromatic carbocycles. The Balaban J connectivity index is 1.93. The number of aryl methyl sites for hydroxylation is 2. The number of carbonyl (C=O) groups is 1. The topological polar surface area (TPSA) is 111 Å². The summed E-state index contributed by atoms with van der Waals surface area (Å²) in [5.41, 5.74) is 0.679. The number of methoxy groups -OCH3 is 1. The van der Waals surface area contributed by atoms with E-state index < -0.39 is 17.1 Å². The van der Waals surface area contributed by atoms with Gasteiger partial charge >= 0.3 is 5.69 Å². The number of anilines is 1. The first-order valence-corrected chi connectivity index (χ1v) is 10.5. The van der Waals surface area contributed by atoms with Crippen molar-refractivity contribution in [1.29, 1.82) is 0 Å². The van der Waals surface area contributed by atoms with Crippen LogP contribution in [0.15, 0.2) is 27.8 Å². The molecular formula is C22H28FN5O4. The molecule has 0 aliphatic heterocycles. The van der Waals surface area contributed by atoms with Crippen molar-refractivity contribution >= 4 is 22.8 Å². The molecule has 9 nitrogen and oxygen atoms in total. The molecule has 0 aliphatic carbocycles. The molecule has 0 spiro atoms. The minimum absolute atomic E-state index is 0.0680. The summed E-state index contributed by atoms with van der Waals surface area (Å²) in [6.07, 6.45) is 0.298. The molecule has 0 bridgehead atoms. The van der Waals surface area contributed by atoms with Crippen LogP contribution in [0.25, 0.3) is 11.2 Å². The summed E-state index contributed by atoms with van der Waals surface area (Å²) in [4.78, 5) is 44.4. The molecule has 1 amide bonds. The Morgan fingerprint density at radius 1 is 1.28 bits per heavy atom. The summed E-state index contributed by atoms with van der Waals surface area (Å²) in [5.74, 6) is -0.0847. The van der Waals surface area contributed by atoms with E-state index in [0.29, 0.717) is 36.9 Å². The molecule has 0 radical (unpaired) electrons. The van der Waals surface area contributed by atoms with E-state index >= 15 is 0 Å². The van der Waals surface area contributed by atoms with Crippen molar-refractivity contribution in [3.05, 3.63) is 56.2 Å². The highest BCUT2D eigenvalue weighted by atomic mass is 19.1. The van der Waals surface area contributed by atoms with Gasteiger partial charge in [0, 0.05) is 38.7 Å². The number of hydrogen-bond acceptors (Lipinski definition) is 5. The number of benzene rings is 1. The van der Waals surface area contributed by atoms with Crippen LogP contribution in [0, 0.1) is 18.7 Å². The maximum atomic E-state index is 13.5. The Morgan fingerprint density at radius 3 is 2.72 bits per heavy atom. The number of halogens is 1. The van der Waals surface area contributed by atoms with Gasteiger partial charge in [-0.3, -0.25) is 19.1 Å². The van der Waals surface area contributed by atoms with Gasteiger partial charge in [-0.2, -0.15) is 0 Å². The number of H-pyrrole nitrogens is 1.